The number of hydrogen-bond acceptors (Lipinski definition) is 2. The third-order valence-corrected chi connectivity index (χ3v) is 4.27. The van der Waals surface area contributed by atoms with Crippen LogP contribution in [0.4, 0.5) is 0 Å². The zero-order chi connectivity index (χ0) is 13.1. The summed E-state index contributed by atoms with van der Waals surface area (Å²) in [5.74, 6) is 1.09. The molecule has 1 fully saturated rings. The Hall–Kier alpha value is -1.09. The second-order valence-corrected chi connectivity index (χ2v) is 5.56. The fraction of sp³-hybridized carbons (Fsp3) is 0.667. The Balaban J connectivity index is 2.01. The standard InChI is InChI=1S/C15H24N2O/c1-3-13-9-12(7-6-11(13)2)10-17-8-4-5-14(17)15(16)18/h6-7,9,11,13-14H,3-5,8,10H2,1-2H3,(H2,16,18). The molecular formula is C15H24N2O. The monoisotopic (exact) mass is 248 g/mol. The lowest BCUT2D eigenvalue weighted by molar-refractivity contribution is -0.122. The van der Waals surface area contributed by atoms with Crippen molar-refractivity contribution in [2.75, 3.05) is 13.1 Å². The van der Waals surface area contributed by atoms with Gasteiger partial charge in [0.2, 0.25) is 5.91 Å². The number of likely N-dealkylation sites (tertiary alicyclic amines) is 1. The number of rotatable bonds is 4. The van der Waals surface area contributed by atoms with E-state index in [9.17, 15) is 4.79 Å². The fourth-order valence-electron chi connectivity index (χ4n) is 3.07. The molecule has 0 aromatic carbocycles. The van der Waals surface area contributed by atoms with Gasteiger partial charge < -0.3 is 5.73 Å². The first-order valence-corrected chi connectivity index (χ1v) is 7.04. The number of nitrogens with two attached hydrogens (primary N) is 1. The van der Waals surface area contributed by atoms with Crippen LogP contribution < -0.4 is 5.73 Å². The minimum absolute atomic E-state index is 0.0567. The smallest absolute Gasteiger partial charge is 0.234 e. The second kappa shape index (κ2) is 5.70. The van der Waals surface area contributed by atoms with Crippen molar-refractivity contribution in [1.82, 2.24) is 4.90 Å². The predicted molar refractivity (Wildman–Crippen MR) is 74.0 cm³/mol. The number of carbonyl (C=O) groups excluding carboxylic acids is 1. The van der Waals surface area contributed by atoms with Crippen molar-refractivity contribution in [2.45, 2.75) is 39.2 Å². The van der Waals surface area contributed by atoms with Gasteiger partial charge in [-0.2, -0.15) is 0 Å². The quantitative estimate of drug-likeness (QED) is 0.828. The summed E-state index contributed by atoms with van der Waals surface area (Å²) < 4.78 is 0. The highest BCUT2D eigenvalue weighted by molar-refractivity contribution is 5.80. The van der Waals surface area contributed by atoms with Crippen LogP contribution in [-0.2, 0) is 4.79 Å². The Kier molecular flexibility index (Phi) is 4.23. The molecule has 2 rings (SSSR count). The fourth-order valence-corrected chi connectivity index (χ4v) is 3.07. The number of amides is 1. The Morgan fingerprint density at radius 3 is 3.00 bits per heavy atom. The van der Waals surface area contributed by atoms with E-state index in [1.54, 1.807) is 0 Å². The van der Waals surface area contributed by atoms with Gasteiger partial charge in [-0.1, -0.05) is 32.1 Å². The zero-order valence-electron chi connectivity index (χ0n) is 11.4. The lowest BCUT2D eigenvalue weighted by Crippen LogP contribution is -2.41. The molecular weight excluding hydrogens is 224 g/mol. The van der Waals surface area contributed by atoms with Crippen LogP contribution in [0.2, 0.25) is 0 Å². The van der Waals surface area contributed by atoms with E-state index in [4.69, 9.17) is 5.73 Å². The van der Waals surface area contributed by atoms with Gasteiger partial charge in [-0.05, 0) is 43.2 Å². The van der Waals surface area contributed by atoms with E-state index in [1.165, 1.54) is 12.0 Å². The molecule has 0 radical (unpaired) electrons. The van der Waals surface area contributed by atoms with Crippen molar-refractivity contribution >= 4 is 5.91 Å². The summed E-state index contributed by atoms with van der Waals surface area (Å²) in [6.45, 7) is 6.36. The molecule has 3 unspecified atom stereocenters. The van der Waals surface area contributed by atoms with E-state index in [1.807, 2.05) is 0 Å². The summed E-state index contributed by atoms with van der Waals surface area (Å²) in [6.07, 6.45) is 10.1. The number of primary amides is 1. The van der Waals surface area contributed by atoms with E-state index >= 15 is 0 Å². The molecule has 18 heavy (non-hydrogen) atoms. The van der Waals surface area contributed by atoms with Crippen LogP contribution in [0.25, 0.3) is 0 Å². The van der Waals surface area contributed by atoms with Crippen molar-refractivity contribution in [3.05, 3.63) is 23.8 Å². The van der Waals surface area contributed by atoms with Gasteiger partial charge in [-0.15, -0.1) is 0 Å². The Bertz CT molecular complexity index is 373. The average molecular weight is 248 g/mol. The molecule has 0 bridgehead atoms. The van der Waals surface area contributed by atoms with E-state index in [0.717, 1.165) is 25.9 Å². The molecule has 1 aliphatic heterocycles. The van der Waals surface area contributed by atoms with Crippen LogP contribution >= 0.6 is 0 Å². The molecule has 0 spiro atoms. The van der Waals surface area contributed by atoms with E-state index in [0.29, 0.717) is 11.8 Å². The molecule has 0 saturated carbocycles. The van der Waals surface area contributed by atoms with Gasteiger partial charge in [0, 0.05) is 6.54 Å². The second-order valence-electron chi connectivity index (χ2n) is 5.56. The van der Waals surface area contributed by atoms with Crippen LogP contribution in [-0.4, -0.2) is 29.9 Å². The van der Waals surface area contributed by atoms with E-state index in [-0.39, 0.29) is 11.9 Å². The van der Waals surface area contributed by atoms with Crippen LogP contribution in [0.3, 0.4) is 0 Å². The molecule has 3 atom stereocenters. The van der Waals surface area contributed by atoms with Gasteiger partial charge in [-0.25, -0.2) is 0 Å². The lowest BCUT2D eigenvalue weighted by Gasteiger charge is -2.26. The van der Waals surface area contributed by atoms with Gasteiger partial charge in [-0.3, -0.25) is 9.69 Å². The summed E-state index contributed by atoms with van der Waals surface area (Å²) in [7, 11) is 0. The highest BCUT2D eigenvalue weighted by Gasteiger charge is 2.29. The first kappa shape index (κ1) is 13.3. The molecule has 1 saturated heterocycles. The van der Waals surface area contributed by atoms with Gasteiger partial charge in [0.05, 0.1) is 6.04 Å². The van der Waals surface area contributed by atoms with Crippen molar-refractivity contribution in [3.8, 4) is 0 Å². The van der Waals surface area contributed by atoms with Crippen molar-refractivity contribution in [2.24, 2.45) is 17.6 Å². The maximum absolute atomic E-state index is 11.4. The molecule has 2 N–H and O–H groups in total. The third kappa shape index (κ3) is 2.83. The van der Waals surface area contributed by atoms with Crippen molar-refractivity contribution < 1.29 is 4.79 Å². The summed E-state index contributed by atoms with van der Waals surface area (Å²) in [5, 5.41) is 0. The highest BCUT2D eigenvalue weighted by Crippen LogP contribution is 2.27. The molecule has 1 amide bonds. The minimum atomic E-state index is -0.173. The van der Waals surface area contributed by atoms with Crippen LogP contribution in [0.15, 0.2) is 23.8 Å². The zero-order valence-corrected chi connectivity index (χ0v) is 11.4. The lowest BCUT2D eigenvalue weighted by atomic mass is 9.85. The van der Waals surface area contributed by atoms with Gasteiger partial charge in [0.1, 0.15) is 0 Å². The number of allylic oxidation sites excluding steroid dienone is 2. The summed E-state index contributed by atoms with van der Waals surface area (Å²) in [5.41, 5.74) is 6.79. The maximum atomic E-state index is 11.4. The Morgan fingerprint density at radius 1 is 1.56 bits per heavy atom. The Morgan fingerprint density at radius 2 is 2.33 bits per heavy atom. The number of hydrogen-bond donors (Lipinski definition) is 1. The van der Waals surface area contributed by atoms with Gasteiger partial charge >= 0.3 is 0 Å². The predicted octanol–water partition coefficient (Wildman–Crippen LogP) is 2.09. The maximum Gasteiger partial charge on any atom is 0.234 e. The topological polar surface area (TPSA) is 46.3 Å². The SMILES string of the molecule is CCC1C=C(CN2CCCC2C(N)=O)C=CC1C. The molecule has 0 aromatic rings. The number of nitrogens with zero attached hydrogens (tertiary/aromatic N) is 1. The molecule has 0 aromatic heterocycles. The van der Waals surface area contributed by atoms with E-state index < -0.39 is 0 Å². The Labute approximate surface area is 110 Å². The first-order valence-electron chi connectivity index (χ1n) is 7.04. The van der Waals surface area contributed by atoms with Gasteiger partial charge in [0.25, 0.3) is 0 Å². The third-order valence-electron chi connectivity index (χ3n) is 4.27. The summed E-state index contributed by atoms with van der Waals surface area (Å²) in [4.78, 5) is 13.6. The molecule has 3 heteroatoms. The van der Waals surface area contributed by atoms with Crippen molar-refractivity contribution in [1.29, 1.82) is 0 Å². The summed E-state index contributed by atoms with van der Waals surface area (Å²) >= 11 is 0. The minimum Gasteiger partial charge on any atom is -0.368 e. The highest BCUT2D eigenvalue weighted by atomic mass is 16.1. The molecule has 2 aliphatic rings. The number of carbonyl (C=O) groups is 1. The molecule has 1 heterocycles. The van der Waals surface area contributed by atoms with Crippen molar-refractivity contribution in [3.63, 3.8) is 0 Å². The normalized spacial score (nSPS) is 32.6. The average Bonchev–Trinajstić information content (AvgIpc) is 2.80. The largest absolute Gasteiger partial charge is 0.368 e. The van der Waals surface area contributed by atoms with E-state index in [2.05, 4.69) is 37.0 Å². The van der Waals surface area contributed by atoms with Crippen LogP contribution in [0, 0.1) is 11.8 Å². The van der Waals surface area contributed by atoms with Gasteiger partial charge in [0.15, 0.2) is 0 Å². The summed E-state index contributed by atoms with van der Waals surface area (Å²) in [6, 6.07) is -0.0567. The van der Waals surface area contributed by atoms with Crippen LogP contribution in [0.1, 0.15) is 33.1 Å². The molecule has 1 aliphatic carbocycles. The molecule has 3 nitrogen and oxygen atoms in total. The molecule has 100 valence electrons. The first-order chi connectivity index (χ1) is 8.61. The van der Waals surface area contributed by atoms with Crippen LogP contribution in [0.5, 0.6) is 0 Å².